The molecule has 0 aromatic heterocycles. The van der Waals surface area contributed by atoms with E-state index in [1.54, 1.807) is 43.5 Å². The molecule has 1 fully saturated rings. The molecule has 5 nitrogen and oxygen atoms in total. The van der Waals surface area contributed by atoms with Gasteiger partial charge in [-0.05, 0) is 66.1 Å². The molecule has 7 heteroatoms. The third-order valence-electron chi connectivity index (χ3n) is 5.44. The van der Waals surface area contributed by atoms with Crippen molar-refractivity contribution in [3.63, 3.8) is 0 Å². The molecule has 1 aliphatic rings. The third kappa shape index (κ3) is 4.46. The number of aryl methyl sites for hydroxylation is 1. The second-order valence-electron chi connectivity index (χ2n) is 7.46. The monoisotopic (exact) mass is 437 g/mol. The molecule has 4 rings (SSSR count). The molecule has 2 atom stereocenters. The Hall–Kier alpha value is -3.74. The topological polar surface area (TPSA) is 55.8 Å². The molecule has 1 unspecified atom stereocenters. The molecule has 1 aliphatic heterocycles. The van der Waals surface area contributed by atoms with E-state index < -0.39 is 24.1 Å². The summed E-state index contributed by atoms with van der Waals surface area (Å²) in [5.41, 5.74) is 1.91. The number of ether oxygens (including phenoxy) is 2. The quantitative estimate of drug-likeness (QED) is 0.507. The fraction of sp³-hybridized carbons (Fsp3) is 0.200. The number of Topliss-reactive ketones (excluding diaryl/α,β-unsaturated/α-hetero) is 1. The Morgan fingerprint density at radius 2 is 1.53 bits per heavy atom. The summed E-state index contributed by atoms with van der Waals surface area (Å²) in [5, 5.41) is 0. The van der Waals surface area contributed by atoms with Gasteiger partial charge in [0.2, 0.25) is 0 Å². The minimum absolute atomic E-state index is 0.119. The Morgan fingerprint density at radius 1 is 0.938 bits per heavy atom. The van der Waals surface area contributed by atoms with Crippen molar-refractivity contribution in [3.05, 3.63) is 95.6 Å². The number of halogens is 2. The predicted molar refractivity (Wildman–Crippen MR) is 115 cm³/mol. The second kappa shape index (κ2) is 9.18. The predicted octanol–water partition coefficient (Wildman–Crippen LogP) is 5.24. The van der Waals surface area contributed by atoms with Crippen molar-refractivity contribution >= 4 is 17.6 Å². The molecule has 3 aromatic carbocycles. The van der Waals surface area contributed by atoms with Gasteiger partial charge in [-0.3, -0.25) is 9.69 Å². The molecule has 0 bridgehead atoms. The van der Waals surface area contributed by atoms with E-state index in [4.69, 9.17) is 9.47 Å². The molecule has 0 saturated carbocycles. The first-order chi connectivity index (χ1) is 15.5. The number of methoxy groups -OCH3 is 1. The molecular weight excluding hydrogens is 416 g/mol. The van der Waals surface area contributed by atoms with Crippen LogP contribution in [0.2, 0.25) is 0 Å². The maximum atomic E-state index is 13.4. The summed E-state index contributed by atoms with van der Waals surface area (Å²) in [4.78, 5) is 27.3. The van der Waals surface area contributed by atoms with Gasteiger partial charge in [-0.15, -0.1) is 0 Å². The highest BCUT2D eigenvalue weighted by Crippen LogP contribution is 2.39. The van der Waals surface area contributed by atoms with Crippen LogP contribution >= 0.6 is 0 Å². The standard InChI is InChI=1S/C25H21F2NO4/c1-31-21-13-5-17(6-14-21)23-24(22(29)15-4-16-2-7-18(26)8-3-16)32-25(30)28(23)20-11-9-19(27)10-12-20/h2-3,5-14,23-24H,4,15H2,1H3/t23-,24?/m1/s1. The SMILES string of the molecule is COc1ccc([C@@H]2C(C(=O)CCc3ccc(F)cc3)OC(=O)N2c2ccc(F)cc2)cc1. The zero-order valence-electron chi connectivity index (χ0n) is 17.3. The lowest BCUT2D eigenvalue weighted by molar-refractivity contribution is -0.126. The van der Waals surface area contributed by atoms with Crippen LogP contribution in [-0.4, -0.2) is 25.1 Å². The largest absolute Gasteiger partial charge is 0.497 e. The molecule has 0 spiro atoms. The van der Waals surface area contributed by atoms with Crippen molar-refractivity contribution < 1.29 is 27.8 Å². The van der Waals surface area contributed by atoms with Gasteiger partial charge in [0, 0.05) is 12.1 Å². The fourth-order valence-corrected chi connectivity index (χ4v) is 3.77. The van der Waals surface area contributed by atoms with Crippen LogP contribution in [0.4, 0.5) is 19.3 Å². The molecule has 3 aromatic rings. The Kier molecular flexibility index (Phi) is 6.16. The summed E-state index contributed by atoms with van der Waals surface area (Å²) in [6.07, 6.45) is -1.22. The number of ketones is 1. The molecule has 1 amide bonds. The molecule has 0 radical (unpaired) electrons. The van der Waals surface area contributed by atoms with Gasteiger partial charge in [-0.2, -0.15) is 0 Å². The lowest BCUT2D eigenvalue weighted by Gasteiger charge is -2.25. The lowest BCUT2D eigenvalue weighted by Crippen LogP contribution is -2.33. The van der Waals surface area contributed by atoms with Crippen LogP contribution < -0.4 is 9.64 Å². The van der Waals surface area contributed by atoms with Crippen LogP contribution in [0.3, 0.4) is 0 Å². The van der Waals surface area contributed by atoms with Crippen LogP contribution in [0.25, 0.3) is 0 Å². The Bertz CT molecular complexity index is 1100. The average molecular weight is 437 g/mol. The van der Waals surface area contributed by atoms with Gasteiger partial charge in [0.25, 0.3) is 0 Å². The fourth-order valence-electron chi connectivity index (χ4n) is 3.77. The average Bonchev–Trinajstić information content (AvgIpc) is 3.16. The zero-order chi connectivity index (χ0) is 22.7. The van der Waals surface area contributed by atoms with E-state index in [1.807, 2.05) is 0 Å². The first kappa shape index (κ1) is 21.5. The van der Waals surface area contributed by atoms with Crippen molar-refractivity contribution in [2.24, 2.45) is 0 Å². The summed E-state index contributed by atoms with van der Waals surface area (Å²) >= 11 is 0. The van der Waals surface area contributed by atoms with Gasteiger partial charge in [0.05, 0.1) is 7.11 Å². The Morgan fingerprint density at radius 3 is 2.12 bits per heavy atom. The lowest BCUT2D eigenvalue weighted by atomic mass is 9.94. The number of cyclic esters (lactones) is 1. The summed E-state index contributed by atoms with van der Waals surface area (Å²) in [6, 6.07) is 17.6. The first-order valence-corrected chi connectivity index (χ1v) is 10.1. The van der Waals surface area contributed by atoms with Gasteiger partial charge < -0.3 is 9.47 Å². The van der Waals surface area contributed by atoms with Gasteiger partial charge in [0.15, 0.2) is 11.9 Å². The van der Waals surface area contributed by atoms with E-state index in [9.17, 15) is 18.4 Å². The first-order valence-electron chi connectivity index (χ1n) is 10.1. The number of hydrogen-bond acceptors (Lipinski definition) is 4. The van der Waals surface area contributed by atoms with Crippen LogP contribution in [0.5, 0.6) is 5.75 Å². The Balaban J connectivity index is 1.63. The van der Waals surface area contributed by atoms with Gasteiger partial charge in [-0.1, -0.05) is 24.3 Å². The molecule has 1 saturated heterocycles. The smallest absolute Gasteiger partial charge is 0.415 e. The minimum Gasteiger partial charge on any atom is -0.497 e. The zero-order valence-corrected chi connectivity index (χ0v) is 17.3. The third-order valence-corrected chi connectivity index (χ3v) is 5.44. The maximum Gasteiger partial charge on any atom is 0.415 e. The maximum absolute atomic E-state index is 13.4. The number of hydrogen-bond donors (Lipinski definition) is 0. The highest BCUT2D eigenvalue weighted by Gasteiger charge is 2.46. The number of amides is 1. The molecule has 32 heavy (non-hydrogen) atoms. The molecular formula is C25H21F2NO4. The van der Waals surface area contributed by atoms with E-state index in [-0.39, 0.29) is 18.0 Å². The van der Waals surface area contributed by atoms with E-state index in [0.29, 0.717) is 23.4 Å². The number of nitrogens with zero attached hydrogens (tertiary/aromatic N) is 1. The summed E-state index contributed by atoms with van der Waals surface area (Å²) < 4.78 is 37.3. The minimum atomic E-state index is -1.04. The van der Waals surface area contributed by atoms with Crippen molar-refractivity contribution in [2.75, 3.05) is 12.0 Å². The number of benzene rings is 3. The molecule has 164 valence electrons. The van der Waals surface area contributed by atoms with Crippen LogP contribution in [0.1, 0.15) is 23.6 Å². The molecule has 0 aliphatic carbocycles. The van der Waals surface area contributed by atoms with E-state index >= 15 is 0 Å². The number of carbonyl (C=O) groups excluding carboxylic acids is 2. The van der Waals surface area contributed by atoms with Gasteiger partial charge in [-0.25, -0.2) is 13.6 Å². The van der Waals surface area contributed by atoms with Crippen molar-refractivity contribution in [1.82, 2.24) is 0 Å². The van der Waals surface area contributed by atoms with E-state index in [0.717, 1.165) is 5.56 Å². The van der Waals surface area contributed by atoms with Gasteiger partial charge >= 0.3 is 6.09 Å². The molecule has 0 N–H and O–H groups in total. The summed E-state index contributed by atoms with van der Waals surface area (Å²) in [7, 11) is 1.55. The van der Waals surface area contributed by atoms with Crippen molar-refractivity contribution in [3.8, 4) is 5.75 Å². The highest BCUT2D eigenvalue weighted by molar-refractivity contribution is 5.97. The molecule has 1 heterocycles. The number of rotatable bonds is 7. The summed E-state index contributed by atoms with van der Waals surface area (Å²) in [5.74, 6) is -0.409. The van der Waals surface area contributed by atoms with Crippen LogP contribution in [0.15, 0.2) is 72.8 Å². The van der Waals surface area contributed by atoms with Crippen LogP contribution in [0, 0.1) is 11.6 Å². The summed E-state index contributed by atoms with van der Waals surface area (Å²) in [6.45, 7) is 0. The number of anilines is 1. The van der Waals surface area contributed by atoms with E-state index in [1.165, 1.54) is 41.3 Å². The second-order valence-corrected chi connectivity index (χ2v) is 7.46. The van der Waals surface area contributed by atoms with Crippen molar-refractivity contribution in [2.45, 2.75) is 25.0 Å². The van der Waals surface area contributed by atoms with E-state index in [2.05, 4.69) is 0 Å². The Labute approximate surface area is 184 Å². The van der Waals surface area contributed by atoms with Crippen molar-refractivity contribution in [1.29, 1.82) is 0 Å². The normalized spacial score (nSPS) is 17.8. The van der Waals surface area contributed by atoms with Crippen LogP contribution in [-0.2, 0) is 16.0 Å². The number of carbonyl (C=O) groups is 2. The highest BCUT2D eigenvalue weighted by atomic mass is 19.1. The van der Waals surface area contributed by atoms with Gasteiger partial charge in [0.1, 0.15) is 23.4 Å².